The van der Waals surface area contributed by atoms with Crippen molar-refractivity contribution in [1.82, 2.24) is 10.2 Å². The van der Waals surface area contributed by atoms with Crippen LogP contribution in [0.4, 0.5) is 5.82 Å². The van der Waals surface area contributed by atoms with Crippen LogP contribution in [-0.2, 0) is 0 Å². The van der Waals surface area contributed by atoms with Gasteiger partial charge in [0.15, 0.2) is 11.5 Å². The minimum atomic E-state index is -1.03. The summed E-state index contributed by atoms with van der Waals surface area (Å²) in [5.41, 5.74) is -0.00127. The lowest BCUT2D eigenvalue weighted by Crippen LogP contribution is -2.26. The van der Waals surface area contributed by atoms with E-state index in [1.165, 1.54) is 18.9 Å². The minimum absolute atomic E-state index is 0.00127. The summed E-state index contributed by atoms with van der Waals surface area (Å²) in [5.74, 6) is 1.25. The number of carboxylic acid groups (broad SMARTS) is 1. The second-order valence-corrected chi connectivity index (χ2v) is 5.50. The molecule has 1 unspecified atom stereocenters. The Morgan fingerprint density at radius 1 is 1.32 bits per heavy atom. The molecule has 5 heteroatoms. The van der Waals surface area contributed by atoms with Gasteiger partial charge in [0.1, 0.15) is 0 Å². The van der Waals surface area contributed by atoms with Gasteiger partial charge in [-0.15, -0.1) is 10.2 Å². The van der Waals surface area contributed by atoms with E-state index in [4.69, 9.17) is 5.11 Å². The van der Waals surface area contributed by atoms with Gasteiger partial charge in [-0.25, -0.2) is 4.79 Å². The van der Waals surface area contributed by atoms with E-state index in [1.807, 2.05) is 0 Å². The van der Waals surface area contributed by atoms with E-state index in [1.54, 1.807) is 6.07 Å². The van der Waals surface area contributed by atoms with Crippen molar-refractivity contribution < 1.29 is 9.90 Å². The lowest BCUT2D eigenvalue weighted by Gasteiger charge is -2.21. The zero-order chi connectivity index (χ0) is 13.8. The van der Waals surface area contributed by atoms with Crippen LogP contribution in [0, 0.1) is 11.8 Å². The SMILES string of the molecule is CC(C)C1CCCN(c2ccc(C(=O)O)nn2)CC1. The molecule has 1 aliphatic heterocycles. The predicted octanol–water partition coefficient (Wildman–Crippen LogP) is 2.44. The monoisotopic (exact) mass is 263 g/mol. The number of aromatic nitrogens is 2. The Hall–Kier alpha value is -1.65. The van der Waals surface area contributed by atoms with Crippen LogP contribution in [0.1, 0.15) is 43.6 Å². The van der Waals surface area contributed by atoms with Crippen molar-refractivity contribution in [2.75, 3.05) is 18.0 Å². The highest BCUT2D eigenvalue weighted by atomic mass is 16.4. The Balaban J connectivity index is 2.03. The third-order valence-electron chi connectivity index (χ3n) is 3.91. The summed E-state index contributed by atoms with van der Waals surface area (Å²) in [4.78, 5) is 13.0. The lowest BCUT2D eigenvalue weighted by molar-refractivity contribution is 0.0689. The zero-order valence-corrected chi connectivity index (χ0v) is 11.5. The van der Waals surface area contributed by atoms with Crippen LogP contribution in [-0.4, -0.2) is 34.4 Å². The number of rotatable bonds is 3. The Morgan fingerprint density at radius 3 is 2.68 bits per heavy atom. The van der Waals surface area contributed by atoms with E-state index in [0.29, 0.717) is 0 Å². The molecule has 0 amide bonds. The highest BCUT2D eigenvalue weighted by Crippen LogP contribution is 2.26. The Labute approximate surface area is 113 Å². The molecule has 2 rings (SSSR count). The summed E-state index contributed by atoms with van der Waals surface area (Å²) in [6.45, 7) is 6.51. The lowest BCUT2D eigenvalue weighted by atomic mass is 9.89. The van der Waals surface area contributed by atoms with Gasteiger partial charge in [-0.2, -0.15) is 0 Å². The van der Waals surface area contributed by atoms with E-state index in [2.05, 4.69) is 28.9 Å². The topological polar surface area (TPSA) is 66.3 Å². The summed E-state index contributed by atoms with van der Waals surface area (Å²) in [6, 6.07) is 3.28. The number of aromatic carboxylic acids is 1. The number of hydrogen-bond donors (Lipinski definition) is 1. The number of nitrogens with zero attached hydrogens (tertiary/aromatic N) is 3. The highest BCUT2D eigenvalue weighted by Gasteiger charge is 2.20. The molecule has 1 aromatic heterocycles. The van der Waals surface area contributed by atoms with Gasteiger partial charge in [0, 0.05) is 13.1 Å². The van der Waals surface area contributed by atoms with Crippen LogP contribution in [0.5, 0.6) is 0 Å². The number of carbonyl (C=O) groups is 1. The third-order valence-corrected chi connectivity index (χ3v) is 3.91. The van der Waals surface area contributed by atoms with Crippen LogP contribution >= 0.6 is 0 Å². The van der Waals surface area contributed by atoms with Crippen molar-refractivity contribution >= 4 is 11.8 Å². The summed E-state index contributed by atoms with van der Waals surface area (Å²) in [5, 5.41) is 16.6. The summed E-state index contributed by atoms with van der Waals surface area (Å²) in [6.07, 6.45) is 3.58. The molecule has 19 heavy (non-hydrogen) atoms. The molecule has 0 aromatic carbocycles. The molecule has 1 atom stereocenters. The van der Waals surface area contributed by atoms with Gasteiger partial charge >= 0.3 is 5.97 Å². The molecule has 0 saturated carbocycles. The Kier molecular flexibility index (Phi) is 4.35. The summed E-state index contributed by atoms with van der Waals surface area (Å²) in [7, 11) is 0. The van der Waals surface area contributed by atoms with Crippen molar-refractivity contribution in [2.45, 2.75) is 33.1 Å². The molecule has 104 valence electrons. The van der Waals surface area contributed by atoms with Crippen LogP contribution in [0.3, 0.4) is 0 Å². The molecule has 1 N–H and O–H groups in total. The molecule has 1 saturated heterocycles. The largest absolute Gasteiger partial charge is 0.476 e. The van der Waals surface area contributed by atoms with Crippen molar-refractivity contribution in [2.24, 2.45) is 11.8 Å². The van der Waals surface area contributed by atoms with Crippen molar-refractivity contribution in [3.63, 3.8) is 0 Å². The zero-order valence-electron chi connectivity index (χ0n) is 11.5. The maximum absolute atomic E-state index is 10.7. The molecular formula is C14H21N3O2. The molecule has 0 bridgehead atoms. The average molecular weight is 263 g/mol. The van der Waals surface area contributed by atoms with Crippen molar-refractivity contribution in [3.05, 3.63) is 17.8 Å². The first-order chi connectivity index (χ1) is 9.08. The molecule has 0 radical (unpaired) electrons. The molecule has 1 aromatic rings. The fourth-order valence-corrected chi connectivity index (χ4v) is 2.63. The van der Waals surface area contributed by atoms with Crippen molar-refractivity contribution in [1.29, 1.82) is 0 Å². The second kappa shape index (κ2) is 5.99. The van der Waals surface area contributed by atoms with Gasteiger partial charge in [0.05, 0.1) is 0 Å². The third kappa shape index (κ3) is 3.43. The van der Waals surface area contributed by atoms with E-state index in [9.17, 15) is 4.79 Å². The Bertz CT molecular complexity index is 431. The molecule has 0 aliphatic carbocycles. The normalized spacial score (nSPS) is 20.4. The van der Waals surface area contributed by atoms with Crippen molar-refractivity contribution in [3.8, 4) is 0 Å². The summed E-state index contributed by atoms with van der Waals surface area (Å²) < 4.78 is 0. The van der Waals surface area contributed by atoms with Crippen LogP contribution in [0.25, 0.3) is 0 Å². The standard InChI is InChI=1S/C14H21N3O2/c1-10(2)11-4-3-8-17(9-7-11)13-6-5-12(14(18)19)15-16-13/h5-6,10-11H,3-4,7-9H2,1-2H3,(H,18,19). The fourth-order valence-electron chi connectivity index (χ4n) is 2.63. The second-order valence-electron chi connectivity index (χ2n) is 5.50. The average Bonchev–Trinajstić information content (AvgIpc) is 2.64. The summed E-state index contributed by atoms with van der Waals surface area (Å²) >= 11 is 0. The van der Waals surface area contributed by atoms with E-state index >= 15 is 0 Å². The maximum Gasteiger partial charge on any atom is 0.356 e. The van der Waals surface area contributed by atoms with Gasteiger partial charge < -0.3 is 10.0 Å². The predicted molar refractivity (Wildman–Crippen MR) is 73.4 cm³/mol. The molecule has 1 fully saturated rings. The first kappa shape index (κ1) is 13.8. The van der Waals surface area contributed by atoms with E-state index in [0.717, 1.165) is 37.2 Å². The first-order valence-electron chi connectivity index (χ1n) is 6.90. The van der Waals surface area contributed by atoms with Crippen LogP contribution < -0.4 is 4.90 Å². The number of carboxylic acids is 1. The minimum Gasteiger partial charge on any atom is -0.476 e. The quantitative estimate of drug-likeness (QED) is 0.907. The molecular weight excluding hydrogens is 242 g/mol. The van der Waals surface area contributed by atoms with Gasteiger partial charge in [0.25, 0.3) is 0 Å². The molecule has 2 heterocycles. The van der Waals surface area contributed by atoms with Gasteiger partial charge in [0.2, 0.25) is 0 Å². The fraction of sp³-hybridized carbons (Fsp3) is 0.643. The highest BCUT2D eigenvalue weighted by molar-refractivity contribution is 5.85. The maximum atomic E-state index is 10.7. The van der Waals surface area contributed by atoms with Gasteiger partial charge in [-0.05, 0) is 43.2 Å². The van der Waals surface area contributed by atoms with Crippen LogP contribution in [0.15, 0.2) is 12.1 Å². The number of hydrogen-bond acceptors (Lipinski definition) is 4. The molecule has 5 nitrogen and oxygen atoms in total. The number of anilines is 1. The molecule has 0 spiro atoms. The van der Waals surface area contributed by atoms with Gasteiger partial charge in [-0.3, -0.25) is 0 Å². The van der Waals surface area contributed by atoms with E-state index in [-0.39, 0.29) is 5.69 Å². The van der Waals surface area contributed by atoms with Gasteiger partial charge in [-0.1, -0.05) is 13.8 Å². The smallest absolute Gasteiger partial charge is 0.356 e. The van der Waals surface area contributed by atoms with E-state index < -0.39 is 5.97 Å². The molecule has 1 aliphatic rings. The first-order valence-corrected chi connectivity index (χ1v) is 6.90. The van der Waals surface area contributed by atoms with Crippen LogP contribution in [0.2, 0.25) is 0 Å². The Morgan fingerprint density at radius 2 is 2.11 bits per heavy atom.